The molecule has 2 aromatic heterocycles. The van der Waals surface area contributed by atoms with Crippen LogP contribution >= 0.6 is 11.3 Å². The highest BCUT2D eigenvalue weighted by Crippen LogP contribution is 2.26. The summed E-state index contributed by atoms with van der Waals surface area (Å²) in [5.74, 6) is 0.112. The lowest BCUT2D eigenvalue weighted by atomic mass is 10.1. The van der Waals surface area contributed by atoms with E-state index in [4.69, 9.17) is 9.62 Å². The van der Waals surface area contributed by atoms with Gasteiger partial charge in [-0.25, -0.2) is 10.5 Å². The van der Waals surface area contributed by atoms with E-state index >= 15 is 0 Å². The highest BCUT2D eigenvalue weighted by atomic mass is 32.1. The maximum Gasteiger partial charge on any atom is 0.247 e. The Kier molecular flexibility index (Phi) is 3.02. The molecule has 0 fully saturated rings. The molecule has 2 heterocycles. The molecule has 0 aliphatic heterocycles. The number of hydroxylamine groups is 1. The number of rotatable bonds is 3. The van der Waals surface area contributed by atoms with E-state index in [2.05, 4.69) is 4.98 Å². The number of hydrogen-bond acceptors (Lipinski definition) is 5. The molecule has 3 rings (SSSR count). The van der Waals surface area contributed by atoms with Gasteiger partial charge in [-0.1, -0.05) is 6.07 Å². The number of nitrogens with zero attached hydrogens (tertiary/aromatic N) is 1. The Balaban J connectivity index is 1.97. The Morgan fingerprint density at radius 3 is 3.05 bits per heavy atom. The van der Waals surface area contributed by atoms with Crippen molar-refractivity contribution in [3.63, 3.8) is 0 Å². The third-order valence-electron chi connectivity index (χ3n) is 2.71. The van der Waals surface area contributed by atoms with Gasteiger partial charge in [0.05, 0.1) is 6.42 Å². The van der Waals surface area contributed by atoms with Crippen LogP contribution in [0.25, 0.3) is 22.6 Å². The Bertz CT molecular complexity index is 719. The van der Waals surface area contributed by atoms with Crippen molar-refractivity contribution in [1.29, 1.82) is 0 Å². The van der Waals surface area contributed by atoms with Gasteiger partial charge in [-0.2, -0.15) is 11.3 Å². The molecule has 0 saturated heterocycles. The van der Waals surface area contributed by atoms with Crippen molar-refractivity contribution >= 4 is 28.3 Å². The molecule has 1 amide bonds. The quantitative estimate of drug-likeness (QED) is 0.568. The van der Waals surface area contributed by atoms with Gasteiger partial charge >= 0.3 is 0 Å². The number of amides is 1. The van der Waals surface area contributed by atoms with E-state index in [1.807, 2.05) is 16.8 Å². The van der Waals surface area contributed by atoms with Crippen LogP contribution in [0, 0.1) is 0 Å². The van der Waals surface area contributed by atoms with E-state index in [0.717, 1.165) is 11.1 Å². The summed E-state index contributed by atoms with van der Waals surface area (Å²) in [4.78, 5) is 15.5. The Labute approximate surface area is 112 Å². The normalized spacial score (nSPS) is 10.8. The monoisotopic (exact) mass is 274 g/mol. The number of benzene rings is 1. The van der Waals surface area contributed by atoms with Crippen molar-refractivity contribution in [3.8, 4) is 11.5 Å². The van der Waals surface area contributed by atoms with Crippen LogP contribution in [0.2, 0.25) is 0 Å². The first-order valence-electron chi connectivity index (χ1n) is 5.61. The minimum Gasteiger partial charge on any atom is -0.436 e. The molecule has 5 nitrogen and oxygen atoms in total. The predicted octanol–water partition coefficient (Wildman–Crippen LogP) is 2.60. The molecule has 2 N–H and O–H groups in total. The number of oxazole rings is 1. The summed E-state index contributed by atoms with van der Waals surface area (Å²) in [6.45, 7) is 0. The zero-order valence-electron chi connectivity index (χ0n) is 9.79. The highest BCUT2D eigenvalue weighted by Gasteiger charge is 2.10. The minimum atomic E-state index is -0.457. The van der Waals surface area contributed by atoms with Gasteiger partial charge in [-0.05, 0) is 29.1 Å². The first-order chi connectivity index (χ1) is 9.26. The highest BCUT2D eigenvalue weighted by molar-refractivity contribution is 7.08. The van der Waals surface area contributed by atoms with Crippen molar-refractivity contribution in [2.75, 3.05) is 0 Å². The third-order valence-corrected chi connectivity index (χ3v) is 3.39. The van der Waals surface area contributed by atoms with Gasteiger partial charge in [-0.15, -0.1) is 0 Å². The average molecular weight is 274 g/mol. The van der Waals surface area contributed by atoms with E-state index in [0.29, 0.717) is 17.0 Å². The van der Waals surface area contributed by atoms with Gasteiger partial charge in [0, 0.05) is 10.9 Å². The first kappa shape index (κ1) is 11.9. The summed E-state index contributed by atoms with van der Waals surface area (Å²) in [5.41, 5.74) is 4.69. The molecule has 0 saturated carbocycles. The zero-order chi connectivity index (χ0) is 13.2. The lowest BCUT2D eigenvalue weighted by Crippen LogP contribution is -2.20. The second-order valence-electron chi connectivity index (χ2n) is 4.04. The van der Waals surface area contributed by atoms with Gasteiger partial charge < -0.3 is 4.42 Å². The molecule has 0 bridgehead atoms. The number of nitrogens with one attached hydrogen (secondary N) is 1. The number of hydrogen-bond donors (Lipinski definition) is 2. The average Bonchev–Trinajstić information content (AvgIpc) is 3.06. The number of thiophene rings is 1. The second-order valence-corrected chi connectivity index (χ2v) is 4.82. The van der Waals surface area contributed by atoms with Crippen LogP contribution in [0.3, 0.4) is 0 Å². The van der Waals surface area contributed by atoms with Crippen molar-refractivity contribution in [2.45, 2.75) is 6.42 Å². The van der Waals surface area contributed by atoms with Crippen LogP contribution in [0.5, 0.6) is 0 Å². The summed E-state index contributed by atoms with van der Waals surface area (Å²) < 4.78 is 5.64. The minimum absolute atomic E-state index is 0.104. The summed E-state index contributed by atoms with van der Waals surface area (Å²) in [6.07, 6.45) is 0.104. The van der Waals surface area contributed by atoms with Gasteiger partial charge in [0.25, 0.3) is 0 Å². The smallest absolute Gasteiger partial charge is 0.247 e. The Morgan fingerprint density at radius 1 is 1.42 bits per heavy atom. The molecule has 0 radical (unpaired) electrons. The molecule has 19 heavy (non-hydrogen) atoms. The van der Waals surface area contributed by atoms with Crippen molar-refractivity contribution in [1.82, 2.24) is 10.5 Å². The lowest BCUT2D eigenvalue weighted by Gasteiger charge is -1.98. The number of aromatic nitrogens is 1. The molecule has 0 unspecified atom stereocenters. The van der Waals surface area contributed by atoms with E-state index in [1.54, 1.807) is 35.0 Å². The van der Waals surface area contributed by atoms with Crippen LogP contribution in [0.4, 0.5) is 0 Å². The SMILES string of the molecule is O=C(Cc1ccc2oc(-c3ccsc3)nc2c1)NO. The maximum atomic E-state index is 11.1. The lowest BCUT2D eigenvalue weighted by molar-refractivity contribution is -0.128. The molecule has 96 valence electrons. The molecular weight excluding hydrogens is 264 g/mol. The summed E-state index contributed by atoms with van der Waals surface area (Å²) in [5, 5.41) is 12.4. The second kappa shape index (κ2) is 4.83. The fraction of sp³-hybridized carbons (Fsp3) is 0.0769. The number of carbonyl (C=O) groups excluding carboxylic acids is 1. The molecule has 0 spiro atoms. The number of fused-ring (bicyclic) bond motifs is 1. The fourth-order valence-corrected chi connectivity index (χ4v) is 2.45. The summed E-state index contributed by atoms with van der Waals surface area (Å²) in [6, 6.07) is 7.28. The van der Waals surface area contributed by atoms with Crippen LogP contribution in [0.15, 0.2) is 39.4 Å². The molecule has 0 aliphatic carbocycles. The molecule has 3 aromatic rings. The summed E-state index contributed by atoms with van der Waals surface area (Å²) >= 11 is 1.58. The molecule has 6 heteroatoms. The Hall–Kier alpha value is -2.18. The van der Waals surface area contributed by atoms with Crippen LogP contribution < -0.4 is 5.48 Å². The number of carbonyl (C=O) groups is 1. The summed E-state index contributed by atoms with van der Waals surface area (Å²) in [7, 11) is 0. The molecule has 0 aliphatic rings. The first-order valence-corrected chi connectivity index (χ1v) is 6.55. The van der Waals surface area contributed by atoms with Crippen molar-refractivity contribution in [2.24, 2.45) is 0 Å². The molecular formula is C13H10N2O3S. The van der Waals surface area contributed by atoms with Crippen LogP contribution in [0.1, 0.15) is 5.56 Å². The van der Waals surface area contributed by atoms with E-state index in [1.165, 1.54) is 0 Å². The van der Waals surface area contributed by atoms with Gasteiger partial charge in [0.15, 0.2) is 5.58 Å². The van der Waals surface area contributed by atoms with Crippen molar-refractivity contribution < 1.29 is 14.4 Å². The maximum absolute atomic E-state index is 11.1. The van der Waals surface area contributed by atoms with Gasteiger partial charge in [0.1, 0.15) is 5.52 Å². The predicted molar refractivity (Wildman–Crippen MR) is 71.0 cm³/mol. The topological polar surface area (TPSA) is 75.4 Å². The standard InChI is InChI=1S/C13H10N2O3S/c16-12(15-17)6-8-1-2-11-10(5-8)14-13(18-11)9-3-4-19-7-9/h1-5,7,17H,6H2,(H,15,16). The molecule has 0 atom stereocenters. The third kappa shape index (κ3) is 2.35. The van der Waals surface area contributed by atoms with Gasteiger partial charge in [-0.3, -0.25) is 10.0 Å². The van der Waals surface area contributed by atoms with Gasteiger partial charge in [0.2, 0.25) is 11.8 Å². The van der Waals surface area contributed by atoms with E-state index in [-0.39, 0.29) is 6.42 Å². The van der Waals surface area contributed by atoms with Crippen LogP contribution in [-0.4, -0.2) is 16.1 Å². The fourth-order valence-electron chi connectivity index (χ4n) is 1.82. The molecule has 1 aromatic carbocycles. The van der Waals surface area contributed by atoms with E-state index < -0.39 is 5.91 Å². The van der Waals surface area contributed by atoms with E-state index in [9.17, 15) is 4.79 Å². The Morgan fingerprint density at radius 2 is 2.32 bits per heavy atom. The largest absolute Gasteiger partial charge is 0.436 e. The van der Waals surface area contributed by atoms with Crippen LogP contribution in [-0.2, 0) is 11.2 Å². The zero-order valence-corrected chi connectivity index (χ0v) is 10.6. The van der Waals surface area contributed by atoms with Crippen molar-refractivity contribution in [3.05, 3.63) is 40.6 Å².